The quantitative estimate of drug-likeness (QED) is 0.879. The summed E-state index contributed by atoms with van der Waals surface area (Å²) >= 11 is 0. The lowest BCUT2D eigenvalue weighted by atomic mass is 10.1. The third-order valence-corrected chi connectivity index (χ3v) is 2.90. The fourth-order valence-corrected chi connectivity index (χ4v) is 1.91. The molecule has 0 unspecified atom stereocenters. The molecule has 1 aromatic carbocycles. The van der Waals surface area contributed by atoms with Gasteiger partial charge in [0.15, 0.2) is 0 Å². The number of hydrogen-bond donors (Lipinski definition) is 2. The number of nitrogens with one attached hydrogen (secondary N) is 1. The number of anilines is 2. The highest BCUT2D eigenvalue weighted by atomic mass is 19.1. The molecule has 0 aliphatic heterocycles. The first kappa shape index (κ1) is 14.3. The zero-order valence-electron chi connectivity index (χ0n) is 11.7. The summed E-state index contributed by atoms with van der Waals surface area (Å²) in [5, 5.41) is 3.20. The lowest BCUT2D eigenvalue weighted by Crippen LogP contribution is -2.20. The van der Waals surface area contributed by atoms with Crippen molar-refractivity contribution in [2.75, 3.05) is 38.2 Å². The Bertz CT molecular complexity index is 584. The Morgan fingerprint density at radius 1 is 1.30 bits per heavy atom. The van der Waals surface area contributed by atoms with Gasteiger partial charge in [-0.3, -0.25) is 4.98 Å². The van der Waals surface area contributed by atoms with Gasteiger partial charge in [0.1, 0.15) is 5.82 Å². The highest BCUT2D eigenvalue weighted by Crippen LogP contribution is 2.26. The van der Waals surface area contributed by atoms with Crippen molar-refractivity contribution in [1.82, 2.24) is 9.88 Å². The van der Waals surface area contributed by atoms with Gasteiger partial charge in [-0.05, 0) is 44.4 Å². The van der Waals surface area contributed by atoms with Crippen LogP contribution in [-0.4, -0.2) is 37.1 Å². The zero-order chi connectivity index (χ0) is 14.5. The molecule has 0 radical (unpaired) electrons. The normalized spacial score (nSPS) is 10.8. The molecule has 0 aliphatic carbocycles. The van der Waals surface area contributed by atoms with E-state index >= 15 is 0 Å². The summed E-state index contributed by atoms with van der Waals surface area (Å²) in [6.45, 7) is 1.62. The van der Waals surface area contributed by atoms with Crippen LogP contribution in [-0.2, 0) is 0 Å². The van der Waals surface area contributed by atoms with E-state index in [0.29, 0.717) is 16.9 Å². The number of hydrogen-bond acceptors (Lipinski definition) is 4. The maximum Gasteiger partial charge on any atom is 0.125 e. The summed E-state index contributed by atoms with van der Waals surface area (Å²) in [6.07, 6.45) is 1.65. The van der Waals surface area contributed by atoms with Gasteiger partial charge >= 0.3 is 0 Å². The molecule has 106 valence electrons. The first-order chi connectivity index (χ1) is 9.56. The number of aromatic nitrogens is 1. The Hall–Kier alpha value is -2.14. The number of pyridine rings is 1. The van der Waals surface area contributed by atoms with Crippen LogP contribution in [0.15, 0.2) is 36.5 Å². The van der Waals surface area contributed by atoms with Crippen molar-refractivity contribution in [2.45, 2.75) is 0 Å². The largest absolute Gasteiger partial charge is 0.397 e. The van der Waals surface area contributed by atoms with Gasteiger partial charge in [-0.1, -0.05) is 0 Å². The Kier molecular flexibility index (Phi) is 4.53. The second-order valence-electron chi connectivity index (χ2n) is 4.90. The molecule has 0 fully saturated rings. The van der Waals surface area contributed by atoms with Crippen LogP contribution >= 0.6 is 0 Å². The van der Waals surface area contributed by atoms with Crippen molar-refractivity contribution in [2.24, 2.45) is 0 Å². The Balaban J connectivity index is 2.23. The topological polar surface area (TPSA) is 54.2 Å². The molecule has 5 heteroatoms. The molecule has 1 heterocycles. The number of benzene rings is 1. The van der Waals surface area contributed by atoms with Gasteiger partial charge < -0.3 is 16.0 Å². The molecule has 0 saturated heterocycles. The van der Waals surface area contributed by atoms with Crippen LogP contribution in [0.1, 0.15) is 0 Å². The summed E-state index contributed by atoms with van der Waals surface area (Å²) < 4.78 is 13.7. The summed E-state index contributed by atoms with van der Waals surface area (Å²) in [6, 6.07) is 8.28. The van der Waals surface area contributed by atoms with E-state index in [4.69, 9.17) is 5.73 Å². The summed E-state index contributed by atoms with van der Waals surface area (Å²) in [5.74, 6) is -0.306. The second kappa shape index (κ2) is 6.34. The van der Waals surface area contributed by atoms with Crippen LogP contribution in [0, 0.1) is 5.82 Å². The van der Waals surface area contributed by atoms with Crippen LogP contribution in [0.3, 0.4) is 0 Å². The van der Waals surface area contributed by atoms with Crippen molar-refractivity contribution in [3.05, 3.63) is 42.3 Å². The van der Waals surface area contributed by atoms with Gasteiger partial charge in [0.05, 0.1) is 11.4 Å². The van der Waals surface area contributed by atoms with Crippen molar-refractivity contribution in [1.29, 1.82) is 0 Å². The first-order valence-electron chi connectivity index (χ1n) is 6.46. The standard InChI is InChI=1S/C15H19FN4/c1-20(2)7-6-18-13-9-11(8-12(16)10-13)15-14(17)4-3-5-19-15/h3-5,8-10,18H,6-7,17H2,1-2H3. The van der Waals surface area contributed by atoms with Crippen LogP contribution in [0.4, 0.5) is 15.8 Å². The fraction of sp³-hybridized carbons (Fsp3) is 0.267. The van der Waals surface area contributed by atoms with Crippen molar-refractivity contribution >= 4 is 11.4 Å². The van der Waals surface area contributed by atoms with E-state index in [-0.39, 0.29) is 5.82 Å². The zero-order valence-corrected chi connectivity index (χ0v) is 11.7. The average Bonchev–Trinajstić information content (AvgIpc) is 2.38. The smallest absolute Gasteiger partial charge is 0.125 e. The molecular formula is C15H19FN4. The molecule has 2 aromatic rings. The van der Waals surface area contributed by atoms with E-state index in [9.17, 15) is 4.39 Å². The molecule has 20 heavy (non-hydrogen) atoms. The minimum Gasteiger partial charge on any atom is -0.397 e. The molecule has 0 spiro atoms. The molecule has 2 rings (SSSR count). The number of rotatable bonds is 5. The highest BCUT2D eigenvalue weighted by Gasteiger charge is 2.07. The van der Waals surface area contributed by atoms with Gasteiger partial charge in [-0.2, -0.15) is 0 Å². The Morgan fingerprint density at radius 2 is 2.10 bits per heavy atom. The van der Waals surface area contributed by atoms with Gasteiger partial charge in [0, 0.05) is 30.5 Å². The number of halogens is 1. The molecule has 4 nitrogen and oxygen atoms in total. The maximum atomic E-state index is 13.7. The summed E-state index contributed by atoms with van der Waals surface area (Å²) in [5.41, 5.74) is 8.42. The molecule has 1 aromatic heterocycles. The number of nitrogens with zero attached hydrogens (tertiary/aromatic N) is 2. The van der Waals surface area contributed by atoms with Gasteiger partial charge in [0.25, 0.3) is 0 Å². The fourth-order valence-electron chi connectivity index (χ4n) is 1.91. The van der Waals surface area contributed by atoms with Crippen LogP contribution < -0.4 is 11.1 Å². The molecular weight excluding hydrogens is 255 g/mol. The van der Waals surface area contributed by atoms with Gasteiger partial charge in [-0.25, -0.2) is 4.39 Å². The monoisotopic (exact) mass is 274 g/mol. The van der Waals surface area contributed by atoms with Gasteiger partial charge in [0.2, 0.25) is 0 Å². The third-order valence-electron chi connectivity index (χ3n) is 2.90. The number of nitrogen functional groups attached to an aromatic ring is 1. The van der Waals surface area contributed by atoms with Crippen LogP contribution in [0.5, 0.6) is 0 Å². The van der Waals surface area contributed by atoms with Crippen molar-refractivity contribution in [3.63, 3.8) is 0 Å². The lowest BCUT2D eigenvalue weighted by Gasteiger charge is -2.13. The number of nitrogens with two attached hydrogens (primary N) is 1. The summed E-state index contributed by atoms with van der Waals surface area (Å²) in [4.78, 5) is 6.27. The van der Waals surface area contributed by atoms with Gasteiger partial charge in [-0.15, -0.1) is 0 Å². The predicted molar refractivity (Wildman–Crippen MR) is 81.1 cm³/mol. The van der Waals surface area contributed by atoms with E-state index < -0.39 is 0 Å². The minimum atomic E-state index is -0.306. The Labute approximate surface area is 118 Å². The van der Waals surface area contributed by atoms with E-state index in [1.807, 2.05) is 20.2 Å². The predicted octanol–water partition coefficient (Wildman–Crippen LogP) is 2.44. The minimum absolute atomic E-state index is 0.306. The van der Waals surface area contributed by atoms with E-state index in [2.05, 4.69) is 15.2 Å². The molecule has 0 bridgehead atoms. The van der Waals surface area contributed by atoms with Crippen molar-refractivity contribution < 1.29 is 4.39 Å². The molecule has 0 amide bonds. The molecule has 0 aliphatic rings. The van der Waals surface area contributed by atoms with Crippen molar-refractivity contribution in [3.8, 4) is 11.3 Å². The van der Waals surface area contributed by atoms with E-state index in [1.54, 1.807) is 18.3 Å². The molecule has 0 saturated carbocycles. The Morgan fingerprint density at radius 3 is 2.80 bits per heavy atom. The third kappa shape index (κ3) is 3.68. The van der Waals surface area contributed by atoms with E-state index in [1.165, 1.54) is 12.1 Å². The first-order valence-corrected chi connectivity index (χ1v) is 6.46. The summed E-state index contributed by atoms with van der Waals surface area (Å²) in [7, 11) is 3.99. The number of likely N-dealkylation sites (N-methyl/N-ethyl adjacent to an activating group) is 1. The maximum absolute atomic E-state index is 13.7. The van der Waals surface area contributed by atoms with Crippen LogP contribution in [0.25, 0.3) is 11.3 Å². The second-order valence-corrected chi connectivity index (χ2v) is 4.90. The molecule has 0 atom stereocenters. The molecule has 3 N–H and O–H groups in total. The van der Waals surface area contributed by atoms with Crippen LogP contribution in [0.2, 0.25) is 0 Å². The highest BCUT2D eigenvalue weighted by molar-refractivity contribution is 5.74. The lowest BCUT2D eigenvalue weighted by molar-refractivity contribution is 0.425. The SMILES string of the molecule is CN(C)CCNc1cc(F)cc(-c2ncccc2N)c1. The van der Waals surface area contributed by atoms with E-state index in [0.717, 1.165) is 18.8 Å². The average molecular weight is 274 g/mol.